The van der Waals surface area contributed by atoms with E-state index < -0.39 is 0 Å². The zero-order valence-electron chi connectivity index (χ0n) is 15.4. The number of benzene rings is 1. The Morgan fingerprint density at radius 3 is 2.85 bits per heavy atom. The van der Waals surface area contributed by atoms with Crippen LogP contribution in [0.4, 0.5) is 0 Å². The minimum atomic E-state index is -0.364. The molecule has 0 amide bonds. The molecule has 0 N–H and O–H groups in total. The number of hydrogen-bond acceptors (Lipinski definition) is 5. The van der Waals surface area contributed by atoms with Gasteiger partial charge < -0.3 is 9.47 Å². The van der Waals surface area contributed by atoms with E-state index in [0.29, 0.717) is 11.6 Å². The van der Waals surface area contributed by atoms with E-state index in [2.05, 4.69) is 18.2 Å². The Hall–Kier alpha value is -2.82. The van der Waals surface area contributed by atoms with Crippen molar-refractivity contribution in [3.8, 4) is 0 Å². The molecule has 1 aliphatic carbocycles. The third-order valence-electron chi connectivity index (χ3n) is 5.83. The highest BCUT2D eigenvalue weighted by Gasteiger charge is 2.42. The number of ether oxygens (including phenoxy) is 2. The minimum absolute atomic E-state index is 0.354. The summed E-state index contributed by atoms with van der Waals surface area (Å²) in [5.41, 5.74) is 4.50. The lowest BCUT2D eigenvalue weighted by molar-refractivity contribution is -0.138. The maximum atomic E-state index is 12.4. The summed E-state index contributed by atoms with van der Waals surface area (Å²) < 4.78 is 11.0. The summed E-state index contributed by atoms with van der Waals surface area (Å²) in [5, 5.41) is 1.07. The summed E-state index contributed by atoms with van der Waals surface area (Å²) >= 11 is 0. The van der Waals surface area contributed by atoms with Crippen molar-refractivity contribution in [3.63, 3.8) is 0 Å². The van der Waals surface area contributed by atoms with Gasteiger partial charge in [0.25, 0.3) is 0 Å². The average molecular weight is 362 g/mol. The highest BCUT2D eigenvalue weighted by molar-refractivity contribution is 5.89. The van der Waals surface area contributed by atoms with Crippen LogP contribution < -0.4 is 0 Å². The highest BCUT2D eigenvalue weighted by atomic mass is 16.5. The van der Waals surface area contributed by atoms with E-state index in [1.807, 2.05) is 23.1 Å². The third-order valence-corrected chi connectivity index (χ3v) is 5.83. The average Bonchev–Trinajstić information content (AvgIpc) is 3.17. The summed E-state index contributed by atoms with van der Waals surface area (Å²) in [6.45, 7) is 0. The van der Waals surface area contributed by atoms with Crippen LogP contribution in [0.3, 0.4) is 0 Å². The van der Waals surface area contributed by atoms with Gasteiger partial charge in [0, 0.05) is 16.6 Å². The molecule has 2 aliphatic heterocycles. The minimum Gasteiger partial charge on any atom is -0.471 e. The zero-order valence-corrected chi connectivity index (χ0v) is 15.4. The summed E-state index contributed by atoms with van der Waals surface area (Å²) in [5.74, 6) is 0.0498. The largest absolute Gasteiger partial charge is 0.471 e. The quantitative estimate of drug-likeness (QED) is 0.736. The van der Waals surface area contributed by atoms with Crippen molar-refractivity contribution in [1.82, 2.24) is 9.88 Å². The van der Waals surface area contributed by atoms with Crippen molar-refractivity contribution in [2.45, 2.75) is 38.3 Å². The summed E-state index contributed by atoms with van der Waals surface area (Å²) in [4.78, 5) is 19.3. The fraction of sp³-hybridized carbons (Fsp3) is 0.364. The highest BCUT2D eigenvalue weighted by Crippen LogP contribution is 2.46. The zero-order chi connectivity index (χ0) is 18.4. The summed E-state index contributed by atoms with van der Waals surface area (Å²) in [7, 11) is 1.41. The molecule has 5 nitrogen and oxygen atoms in total. The van der Waals surface area contributed by atoms with Crippen molar-refractivity contribution in [3.05, 3.63) is 59.2 Å². The van der Waals surface area contributed by atoms with Gasteiger partial charge in [0.2, 0.25) is 6.23 Å². The first-order valence-electron chi connectivity index (χ1n) is 9.61. The monoisotopic (exact) mass is 362 g/mol. The number of aromatic nitrogens is 1. The number of methoxy groups -OCH3 is 1. The van der Waals surface area contributed by atoms with Crippen molar-refractivity contribution >= 4 is 22.9 Å². The molecule has 1 fully saturated rings. The second-order valence-corrected chi connectivity index (χ2v) is 7.41. The molecule has 0 spiro atoms. The van der Waals surface area contributed by atoms with Gasteiger partial charge in [-0.25, -0.2) is 9.78 Å². The maximum absolute atomic E-state index is 12.4. The van der Waals surface area contributed by atoms with Crippen LogP contribution in [0.5, 0.6) is 0 Å². The molecule has 1 aromatic heterocycles. The molecule has 138 valence electrons. The van der Waals surface area contributed by atoms with E-state index in [9.17, 15) is 4.79 Å². The van der Waals surface area contributed by atoms with E-state index >= 15 is 0 Å². The predicted molar refractivity (Wildman–Crippen MR) is 102 cm³/mol. The lowest BCUT2D eigenvalue weighted by Crippen LogP contribution is -2.34. The number of pyridine rings is 1. The lowest BCUT2D eigenvalue weighted by atomic mass is 9.84. The van der Waals surface area contributed by atoms with Gasteiger partial charge in [-0.05, 0) is 37.0 Å². The van der Waals surface area contributed by atoms with E-state index in [1.54, 1.807) is 0 Å². The van der Waals surface area contributed by atoms with Crippen LogP contribution in [0, 0.1) is 5.92 Å². The van der Waals surface area contributed by atoms with E-state index in [4.69, 9.17) is 14.5 Å². The molecule has 5 rings (SSSR count). The molecular formula is C22H22N2O3. The van der Waals surface area contributed by atoms with E-state index in [1.165, 1.54) is 32.6 Å². The van der Waals surface area contributed by atoms with Crippen LogP contribution in [-0.4, -0.2) is 23.0 Å². The van der Waals surface area contributed by atoms with Gasteiger partial charge in [0.05, 0.1) is 18.3 Å². The molecule has 0 bridgehead atoms. The Labute approximate surface area is 158 Å². The fourth-order valence-electron chi connectivity index (χ4n) is 4.49. The number of esters is 1. The second kappa shape index (κ2) is 6.41. The number of carbonyl (C=O) groups is 1. The summed E-state index contributed by atoms with van der Waals surface area (Å²) in [6.07, 6.45) is 9.32. The number of allylic oxidation sites excluding steroid dienone is 1. The number of fused-ring (bicyclic) bond motifs is 4. The molecule has 0 unspecified atom stereocenters. The molecule has 0 radical (unpaired) electrons. The van der Waals surface area contributed by atoms with Crippen molar-refractivity contribution in [2.24, 2.45) is 5.92 Å². The SMILES string of the molecule is COC(=O)C1=CO[C@H]2c3cc4ccccc4nc3C=C(C3CCCCC3)N12. The third kappa shape index (κ3) is 2.60. The van der Waals surface area contributed by atoms with Crippen molar-refractivity contribution in [1.29, 1.82) is 0 Å². The smallest absolute Gasteiger partial charge is 0.358 e. The Morgan fingerprint density at radius 2 is 2.04 bits per heavy atom. The maximum Gasteiger partial charge on any atom is 0.358 e. The van der Waals surface area contributed by atoms with Gasteiger partial charge in [-0.3, -0.25) is 4.90 Å². The van der Waals surface area contributed by atoms with Gasteiger partial charge in [-0.1, -0.05) is 37.5 Å². The van der Waals surface area contributed by atoms with Gasteiger partial charge in [-0.15, -0.1) is 0 Å². The topological polar surface area (TPSA) is 51.7 Å². The molecule has 0 saturated heterocycles. The van der Waals surface area contributed by atoms with Crippen LogP contribution in [0.15, 0.2) is 48.0 Å². The Kier molecular flexibility index (Phi) is 3.88. The number of rotatable bonds is 2. The van der Waals surface area contributed by atoms with Gasteiger partial charge in [0.15, 0.2) is 5.70 Å². The van der Waals surface area contributed by atoms with E-state index in [-0.39, 0.29) is 12.2 Å². The molecule has 5 heteroatoms. The van der Waals surface area contributed by atoms with Crippen LogP contribution in [0.25, 0.3) is 17.0 Å². The Bertz CT molecular complexity index is 973. The molecule has 3 heterocycles. The second-order valence-electron chi connectivity index (χ2n) is 7.41. The molecule has 27 heavy (non-hydrogen) atoms. The first kappa shape index (κ1) is 16.4. The van der Waals surface area contributed by atoms with Crippen molar-refractivity contribution < 1.29 is 14.3 Å². The van der Waals surface area contributed by atoms with Gasteiger partial charge in [0.1, 0.15) is 6.26 Å². The van der Waals surface area contributed by atoms with Gasteiger partial charge >= 0.3 is 5.97 Å². The fourth-order valence-corrected chi connectivity index (χ4v) is 4.49. The number of para-hydroxylation sites is 1. The standard InChI is InChI=1S/C22H22N2O3/c1-26-22(25)20-13-27-21-16-11-15-9-5-6-10-17(15)23-18(16)12-19(24(20)21)14-7-3-2-4-8-14/h5-6,9-14,21H,2-4,7-8H2,1H3/t21-/m0/s1. The first-order valence-corrected chi connectivity index (χ1v) is 9.61. The number of hydrogen-bond donors (Lipinski definition) is 0. The molecule has 3 aliphatic rings. The van der Waals surface area contributed by atoms with Crippen LogP contribution in [0.1, 0.15) is 49.6 Å². The normalized spacial score (nSPS) is 21.8. The predicted octanol–water partition coefficient (Wildman–Crippen LogP) is 4.51. The Morgan fingerprint density at radius 1 is 1.22 bits per heavy atom. The summed E-state index contributed by atoms with van der Waals surface area (Å²) in [6, 6.07) is 10.2. The molecular weight excluding hydrogens is 340 g/mol. The van der Waals surface area contributed by atoms with Crippen LogP contribution in [-0.2, 0) is 14.3 Å². The molecule has 1 aromatic carbocycles. The van der Waals surface area contributed by atoms with E-state index in [0.717, 1.165) is 40.7 Å². The van der Waals surface area contributed by atoms with Gasteiger partial charge in [-0.2, -0.15) is 0 Å². The lowest BCUT2D eigenvalue weighted by Gasteiger charge is -2.38. The number of nitrogens with zero attached hydrogens (tertiary/aromatic N) is 2. The molecule has 1 saturated carbocycles. The van der Waals surface area contributed by atoms with Crippen molar-refractivity contribution in [2.75, 3.05) is 7.11 Å². The Balaban J connectivity index is 1.66. The first-order chi connectivity index (χ1) is 13.3. The number of carbonyl (C=O) groups excluding carboxylic acids is 1. The van der Waals surface area contributed by atoms with Crippen LogP contribution in [0.2, 0.25) is 0 Å². The molecule has 2 aromatic rings. The molecule has 1 atom stereocenters. The van der Waals surface area contributed by atoms with Crippen LogP contribution >= 0.6 is 0 Å².